The number of allylic oxidation sites excluding steroid dienone is 2. The van der Waals surface area contributed by atoms with Crippen molar-refractivity contribution in [2.24, 2.45) is 52.3 Å². The van der Waals surface area contributed by atoms with Crippen LogP contribution in [-0.4, -0.2) is 52.6 Å². The molecule has 1 aliphatic heterocycles. The molecule has 4 aliphatic carbocycles. The Labute approximate surface area is 225 Å². The second-order valence-electron chi connectivity index (χ2n) is 14.6. The predicted molar refractivity (Wildman–Crippen MR) is 146 cm³/mol. The molecular formula is C32H54O5. The predicted octanol–water partition coefficient (Wildman–Crippen LogP) is 5.71. The van der Waals surface area contributed by atoms with E-state index in [1.165, 1.54) is 51.4 Å². The van der Waals surface area contributed by atoms with Gasteiger partial charge in [-0.2, -0.15) is 0 Å². The molecule has 37 heavy (non-hydrogen) atoms. The third-order valence-electron chi connectivity index (χ3n) is 12.2. The summed E-state index contributed by atoms with van der Waals surface area (Å²) in [6.45, 7) is 12.3. The van der Waals surface area contributed by atoms with E-state index in [4.69, 9.17) is 9.47 Å². The van der Waals surface area contributed by atoms with Gasteiger partial charge in [0.05, 0.1) is 12.7 Å². The van der Waals surface area contributed by atoms with Gasteiger partial charge in [-0.15, -0.1) is 0 Å². The summed E-state index contributed by atoms with van der Waals surface area (Å²) < 4.78 is 11.8. The molecule has 13 atom stereocenters. The van der Waals surface area contributed by atoms with Crippen LogP contribution in [0.5, 0.6) is 0 Å². The third kappa shape index (κ3) is 5.10. The van der Waals surface area contributed by atoms with Crippen LogP contribution in [0.15, 0.2) is 12.2 Å². The summed E-state index contributed by atoms with van der Waals surface area (Å²) in [6, 6.07) is 0. The number of aliphatic hydroxyl groups is 3. The van der Waals surface area contributed by atoms with Crippen molar-refractivity contribution < 1.29 is 24.8 Å². The second-order valence-corrected chi connectivity index (χ2v) is 14.6. The quantitative estimate of drug-likeness (QED) is 0.310. The van der Waals surface area contributed by atoms with E-state index in [0.29, 0.717) is 22.7 Å². The van der Waals surface area contributed by atoms with Gasteiger partial charge in [-0.25, -0.2) is 0 Å². The van der Waals surface area contributed by atoms with Crippen molar-refractivity contribution in [3.05, 3.63) is 12.2 Å². The van der Waals surface area contributed by atoms with Gasteiger partial charge in [0, 0.05) is 0 Å². The molecule has 212 valence electrons. The van der Waals surface area contributed by atoms with Crippen molar-refractivity contribution in [3.8, 4) is 0 Å². The van der Waals surface area contributed by atoms with Crippen LogP contribution in [0.1, 0.15) is 98.8 Å². The van der Waals surface area contributed by atoms with Crippen molar-refractivity contribution >= 4 is 0 Å². The second kappa shape index (κ2) is 10.8. The Morgan fingerprint density at radius 1 is 0.892 bits per heavy atom. The zero-order valence-electron chi connectivity index (χ0n) is 24.0. The molecular weight excluding hydrogens is 464 g/mol. The first-order valence-electron chi connectivity index (χ1n) is 15.5. The Kier molecular flexibility index (Phi) is 8.23. The maximum absolute atomic E-state index is 10.4. The lowest BCUT2D eigenvalue weighted by Crippen LogP contribution is -2.56. The molecule has 4 saturated carbocycles. The minimum atomic E-state index is -1.21. The number of ether oxygens (including phenoxy) is 2. The zero-order valence-corrected chi connectivity index (χ0v) is 24.0. The highest BCUT2D eigenvalue weighted by molar-refractivity contribution is 5.11. The van der Waals surface area contributed by atoms with E-state index in [1.807, 2.05) is 0 Å². The minimum Gasteiger partial charge on any atom is -0.388 e. The van der Waals surface area contributed by atoms with Gasteiger partial charge in [-0.3, -0.25) is 0 Å². The number of aliphatic hydroxyl groups excluding tert-OH is 3. The molecule has 0 amide bonds. The van der Waals surface area contributed by atoms with E-state index in [9.17, 15) is 15.3 Å². The summed E-state index contributed by atoms with van der Waals surface area (Å²) in [5.74, 6) is 5.47. The van der Waals surface area contributed by atoms with Crippen LogP contribution in [0, 0.1) is 52.3 Å². The lowest BCUT2D eigenvalue weighted by Gasteiger charge is -2.61. The summed E-state index contributed by atoms with van der Waals surface area (Å²) in [6.07, 6.45) is 13.4. The molecule has 3 N–H and O–H groups in total. The van der Waals surface area contributed by atoms with Crippen LogP contribution >= 0.6 is 0 Å². The molecule has 13 unspecified atom stereocenters. The van der Waals surface area contributed by atoms with E-state index in [0.717, 1.165) is 42.4 Å². The first kappa shape index (κ1) is 28.1. The molecule has 1 saturated heterocycles. The summed E-state index contributed by atoms with van der Waals surface area (Å²) in [5.41, 5.74) is 0.874. The van der Waals surface area contributed by atoms with Gasteiger partial charge in [0.1, 0.15) is 18.3 Å². The average Bonchev–Trinajstić information content (AvgIpc) is 3.21. The van der Waals surface area contributed by atoms with Crippen LogP contribution < -0.4 is 0 Å². The lowest BCUT2D eigenvalue weighted by atomic mass is 9.44. The molecule has 5 aliphatic rings. The SMILES string of the molecule is CC(C)CC=CC(C)C1CCC2C3CCC4CC(OC5OCC(O)C(O)C5O)CCC4(C)C3CCC12C. The number of rotatable bonds is 6. The van der Waals surface area contributed by atoms with Gasteiger partial charge in [0.2, 0.25) is 0 Å². The van der Waals surface area contributed by atoms with E-state index < -0.39 is 24.6 Å². The Morgan fingerprint density at radius 3 is 2.38 bits per heavy atom. The molecule has 5 fully saturated rings. The molecule has 0 aromatic carbocycles. The lowest BCUT2D eigenvalue weighted by molar-refractivity contribution is -0.289. The van der Waals surface area contributed by atoms with Gasteiger partial charge in [0.25, 0.3) is 0 Å². The Balaban J connectivity index is 1.22. The van der Waals surface area contributed by atoms with Crippen molar-refractivity contribution in [2.75, 3.05) is 6.61 Å². The van der Waals surface area contributed by atoms with Crippen LogP contribution in [-0.2, 0) is 9.47 Å². The first-order chi connectivity index (χ1) is 17.5. The molecule has 1 heterocycles. The van der Waals surface area contributed by atoms with Gasteiger partial charge in [0.15, 0.2) is 6.29 Å². The normalized spacial score (nSPS) is 51.1. The number of hydrogen-bond donors (Lipinski definition) is 3. The van der Waals surface area contributed by atoms with Crippen LogP contribution in [0.25, 0.3) is 0 Å². The maximum atomic E-state index is 10.4. The van der Waals surface area contributed by atoms with Gasteiger partial charge < -0.3 is 24.8 Å². The zero-order chi connectivity index (χ0) is 26.5. The van der Waals surface area contributed by atoms with Crippen LogP contribution in [0.2, 0.25) is 0 Å². The van der Waals surface area contributed by atoms with Crippen LogP contribution in [0.4, 0.5) is 0 Å². The minimum absolute atomic E-state index is 0.00773. The fourth-order valence-corrected chi connectivity index (χ4v) is 10.0. The fourth-order valence-electron chi connectivity index (χ4n) is 10.0. The molecule has 5 nitrogen and oxygen atoms in total. The third-order valence-corrected chi connectivity index (χ3v) is 12.2. The topological polar surface area (TPSA) is 79.2 Å². The van der Waals surface area contributed by atoms with Crippen molar-refractivity contribution in [1.82, 2.24) is 0 Å². The van der Waals surface area contributed by atoms with Crippen LogP contribution in [0.3, 0.4) is 0 Å². The highest BCUT2D eigenvalue weighted by atomic mass is 16.7. The smallest absolute Gasteiger partial charge is 0.186 e. The van der Waals surface area contributed by atoms with Crippen molar-refractivity contribution in [3.63, 3.8) is 0 Å². The Bertz CT molecular complexity index is 813. The molecule has 0 radical (unpaired) electrons. The fraction of sp³-hybridized carbons (Fsp3) is 0.938. The maximum Gasteiger partial charge on any atom is 0.186 e. The summed E-state index contributed by atoms with van der Waals surface area (Å²) >= 11 is 0. The van der Waals surface area contributed by atoms with E-state index in [2.05, 4.69) is 46.8 Å². The van der Waals surface area contributed by atoms with E-state index in [-0.39, 0.29) is 12.7 Å². The summed E-state index contributed by atoms with van der Waals surface area (Å²) in [4.78, 5) is 0. The number of fused-ring (bicyclic) bond motifs is 5. The number of hydrogen-bond acceptors (Lipinski definition) is 5. The molecule has 0 aromatic heterocycles. The first-order valence-corrected chi connectivity index (χ1v) is 15.5. The highest BCUT2D eigenvalue weighted by Crippen LogP contribution is 2.68. The van der Waals surface area contributed by atoms with Crippen molar-refractivity contribution in [1.29, 1.82) is 0 Å². The average molecular weight is 519 g/mol. The Morgan fingerprint density at radius 2 is 1.62 bits per heavy atom. The molecule has 5 rings (SSSR count). The Hall–Kier alpha value is -0.460. The summed E-state index contributed by atoms with van der Waals surface area (Å²) in [5, 5.41) is 30.2. The van der Waals surface area contributed by atoms with Gasteiger partial charge in [-0.05, 0) is 116 Å². The highest BCUT2D eigenvalue weighted by Gasteiger charge is 2.60. The van der Waals surface area contributed by atoms with E-state index in [1.54, 1.807) is 0 Å². The molecule has 0 spiro atoms. The van der Waals surface area contributed by atoms with Crippen molar-refractivity contribution in [2.45, 2.75) is 130 Å². The summed E-state index contributed by atoms with van der Waals surface area (Å²) in [7, 11) is 0. The molecule has 5 heteroatoms. The largest absolute Gasteiger partial charge is 0.388 e. The molecule has 0 bridgehead atoms. The van der Waals surface area contributed by atoms with Gasteiger partial charge >= 0.3 is 0 Å². The standard InChI is InChI=1S/C32H54O5/c1-19(2)7-6-8-20(3)24-11-12-25-23-10-9-21-17-22(37-30-29(35)28(34)27(33)18-36-30)13-15-31(21,4)26(23)14-16-32(24,25)5/h6,8,19-30,33-35H,7,9-18H2,1-5H3. The van der Waals surface area contributed by atoms with Gasteiger partial charge in [-0.1, -0.05) is 46.8 Å². The molecule has 0 aromatic rings. The monoisotopic (exact) mass is 518 g/mol. The van der Waals surface area contributed by atoms with E-state index >= 15 is 0 Å².